The highest BCUT2D eigenvalue weighted by Crippen LogP contribution is 2.34. The van der Waals surface area contributed by atoms with E-state index in [1.807, 2.05) is 19.1 Å². The number of nitrogens with two attached hydrogens (primary N) is 1. The SMILES string of the molecule is COc1cccc(C(=O)COC(=O)c2ccc(OC)c(NC(=O)c3sc4nc(C)ccc4c3N)c2)c1. The molecule has 4 aromatic rings. The van der Waals surface area contributed by atoms with Crippen LogP contribution in [-0.2, 0) is 4.74 Å². The van der Waals surface area contributed by atoms with Gasteiger partial charge < -0.3 is 25.3 Å². The molecule has 0 radical (unpaired) electrons. The molecule has 2 aromatic carbocycles. The predicted octanol–water partition coefficient (Wildman–Crippen LogP) is 4.50. The molecule has 3 N–H and O–H groups in total. The van der Waals surface area contributed by atoms with Crippen molar-refractivity contribution in [2.75, 3.05) is 31.9 Å². The molecule has 0 aliphatic heterocycles. The van der Waals surface area contributed by atoms with Crippen molar-refractivity contribution >= 4 is 50.6 Å². The van der Waals surface area contributed by atoms with E-state index in [-0.39, 0.29) is 17.0 Å². The number of fused-ring (bicyclic) bond motifs is 1. The molecule has 9 nitrogen and oxygen atoms in total. The largest absolute Gasteiger partial charge is 0.497 e. The number of nitrogen functional groups attached to an aromatic ring is 1. The van der Waals surface area contributed by atoms with E-state index in [0.29, 0.717) is 37.8 Å². The average molecular weight is 506 g/mol. The van der Waals surface area contributed by atoms with E-state index in [4.69, 9.17) is 19.9 Å². The minimum absolute atomic E-state index is 0.131. The Balaban J connectivity index is 1.50. The van der Waals surface area contributed by atoms with Gasteiger partial charge in [0.25, 0.3) is 5.91 Å². The molecule has 0 atom stereocenters. The molecule has 0 saturated carbocycles. The Bertz CT molecular complexity index is 1480. The highest BCUT2D eigenvalue weighted by Gasteiger charge is 2.20. The standard InChI is InChI=1S/C26H23N3O6S/c1-14-7-9-18-22(27)23(36-25(18)28-14)24(31)29-19-12-16(8-10-21(19)34-3)26(32)35-13-20(30)15-5-4-6-17(11-15)33-2/h4-12H,13,27H2,1-3H3,(H,29,31). The van der Waals surface area contributed by atoms with E-state index in [1.165, 1.54) is 43.8 Å². The van der Waals surface area contributed by atoms with E-state index in [2.05, 4.69) is 10.3 Å². The first-order valence-electron chi connectivity index (χ1n) is 10.8. The summed E-state index contributed by atoms with van der Waals surface area (Å²) in [5.74, 6) is -0.724. The molecule has 2 aromatic heterocycles. The Labute approximate surface area is 210 Å². The normalized spacial score (nSPS) is 10.6. The monoisotopic (exact) mass is 505 g/mol. The fraction of sp³-hybridized carbons (Fsp3) is 0.154. The Hall–Kier alpha value is -4.44. The number of aromatic nitrogens is 1. The van der Waals surface area contributed by atoms with Crippen LogP contribution in [-0.4, -0.2) is 43.5 Å². The van der Waals surface area contributed by atoms with Gasteiger partial charge in [-0.1, -0.05) is 12.1 Å². The van der Waals surface area contributed by atoms with Crippen LogP contribution < -0.4 is 20.5 Å². The Morgan fingerprint density at radius 2 is 1.81 bits per heavy atom. The van der Waals surface area contributed by atoms with Gasteiger partial charge in [0.05, 0.1) is 31.2 Å². The third kappa shape index (κ3) is 5.13. The number of pyridine rings is 1. The van der Waals surface area contributed by atoms with Crippen molar-refractivity contribution in [3.05, 3.63) is 76.3 Å². The quantitative estimate of drug-likeness (QED) is 0.265. The van der Waals surface area contributed by atoms with Crippen molar-refractivity contribution in [2.45, 2.75) is 6.92 Å². The number of Topliss-reactive ketones (excluding diaryl/α,β-unsaturated/α-hetero) is 1. The molecule has 0 aliphatic rings. The van der Waals surface area contributed by atoms with Gasteiger partial charge in [0.2, 0.25) is 0 Å². The molecule has 0 fully saturated rings. The van der Waals surface area contributed by atoms with Crippen LogP contribution in [0.3, 0.4) is 0 Å². The van der Waals surface area contributed by atoms with Crippen molar-refractivity contribution in [1.29, 1.82) is 0 Å². The second-order valence-corrected chi connectivity index (χ2v) is 8.75. The van der Waals surface area contributed by atoms with Crippen molar-refractivity contribution in [3.63, 3.8) is 0 Å². The predicted molar refractivity (Wildman–Crippen MR) is 137 cm³/mol. The number of amides is 1. The second-order valence-electron chi connectivity index (χ2n) is 7.75. The van der Waals surface area contributed by atoms with Crippen LogP contribution in [0.25, 0.3) is 10.2 Å². The smallest absolute Gasteiger partial charge is 0.338 e. The number of rotatable bonds is 8. The lowest BCUT2D eigenvalue weighted by molar-refractivity contribution is 0.0474. The summed E-state index contributed by atoms with van der Waals surface area (Å²) < 4.78 is 15.6. The molecule has 0 aliphatic carbocycles. The van der Waals surface area contributed by atoms with Crippen LogP contribution in [0.5, 0.6) is 11.5 Å². The maximum absolute atomic E-state index is 13.0. The van der Waals surface area contributed by atoms with Crippen LogP contribution in [0.4, 0.5) is 11.4 Å². The van der Waals surface area contributed by atoms with E-state index < -0.39 is 18.5 Å². The number of carbonyl (C=O) groups is 3. The summed E-state index contributed by atoms with van der Waals surface area (Å²) in [6.45, 7) is 1.40. The van der Waals surface area contributed by atoms with Gasteiger partial charge in [-0.05, 0) is 49.4 Å². The van der Waals surface area contributed by atoms with Crippen molar-refractivity contribution in [1.82, 2.24) is 4.98 Å². The number of ether oxygens (including phenoxy) is 3. The van der Waals surface area contributed by atoms with Gasteiger partial charge in [-0.15, -0.1) is 11.3 Å². The summed E-state index contributed by atoms with van der Waals surface area (Å²) in [5.41, 5.74) is 8.06. The molecule has 36 heavy (non-hydrogen) atoms. The number of carbonyl (C=O) groups excluding carboxylic acids is 3. The van der Waals surface area contributed by atoms with Gasteiger partial charge in [0.15, 0.2) is 12.4 Å². The first-order valence-corrected chi connectivity index (χ1v) is 11.6. The lowest BCUT2D eigenvalue weighted by atomic mass is 10.1. The number of ketones is 1. The summed E-state index contributed by atoms with van der Waals surface area (Å²) >= 11 is 1.17. The summed E-state index contributed by atoms with van der Waals surface area (Å²) in [7, 11) is 2.94. The van der Waals surface area contributed by atoms with Crippen LogP contribution in [0.2, 0.25) is 0 Å². The molecule has 2 heterocycles. The summed E-state index contributed by atoms with van der Waals surface area (Å²) in [4.78, 5) is 43.5. The zero-order valence-electron chi connectivity index (χ0n) is 19.8. The number of nitrogens with zero attached hydrogens (tertiary/aromatic N) is 1. The first-order chi connectivity index (χ1) is 17.3. The molecule has 0 bridgehead atoms. The number of thiophene rings is 1. The fourth-order valence-electron chi connectivity index (χ4n) is 3.46. The summed E-state index contributed by atoms with van der Waals surface area (Å²) in [6, 6.07) is 14.6. The maximum atomic E-state index is 13.0. The molecule has 10 heteroatoms. The third-order valence-electron chi connectivity index (χ3n) is 5.35. The van der Waals surface area contributed by atoms with Crippen LogP contribution >= 0.6 is 11.3 Å². The average Bonchev–Trinajstić information content (AvgIpc) is 3.22. The number of benzene rings is 2. The van der Waals surface area contributed by atoms with Crippen molar-refractivity contribution in [3.8, 4) is 11.5 Å². The minimum Gasteiger partial charge on any atom is -0.497 e. The second kappa shape index (κ2) is 10.4. The summed E-state index contributed by atoms with van der Waals surface area (Å²) in [6.07, 6.45) is 0. The molecular formula is C26H23N3O6S. The molecule has 1 amide bonds. The third-order valence-corrected chi connectivity index (χ3v) is 6.46. The first kappa shape index (κ1) is 24.7. The zero-order valence-corrected chi connectivity index (χ0v) is 20.6. The van der Waals surface area contributed by atoms with Gasteiger partial charge in [-0.25, -0.2) is 9.78 Å². The van der Waals surface area contributed by atoms with Crippen LogP contribution in [0, 0.1) is 6.92 Å². The number of hydrogen-bond acceptors (Lipinski definition) is 9. The molecule has 0 saturated heterocycles. The van der Waals surface area contributed by atoms with E-state index in [0.717, 1.165) is 5.69 Å². The number of nitrogens with one attached hydrogen (secondary N) is 1. The van der Waals surface area contributed by atoms with Crippen molar-refractivity contribution < 1.29 is 28.6 Å². The lowest BCUT2D eigenvalue weighted by Crippen LogP contribution is -2.16. The zero-order chi connectivity index (χ0) is 25.8. The molecule has 0 spiro atoms. The molecule has 184 valence electrons. The molecule has 0 unspecified atom stereocenters. The number of hydrogen-bond donors (Lipinski definition) is 2. The topological polar surface area (TPSA) is 130 Å². The minimum atomic E-state index is -0.731. The highest BCUT2D eigenvalue weighted by molar-refractivity contribution is 7.21. The van der Waals surface area contributed by atoms with E-state index >= 15 is 0 Å². The lowest BCUT2D eigenvalue weighted by Gasteiger charge is -2.12. The van der Waals surface area contributed by atoms with E-state index in [1.54, 1.807) is 24.3 Å². The van der Waals surface area contributed by atoms with Gasteiger partial charge in [-0.3, -0.25) is 9.59 Å². The number of esters is 1. The number of anilines is 2. The molecular weight excluding hydrogens is 482 g/mol. The highest BCUT2D eigenvalue weighted by atomic mass is 32.1. The van der Waals surface area contributed by atoms with Crippen molar-refractivity contribution in [2.24, 2.45) is 0 Å². The van der Waals surface area contributed by atoms with Gasteiger partial charge in [0, 0.05) is 16.6 Å². The van der Waals surface area contributed by atoms with Gasteiger partial charge in [0.1, 0.15) is 21.2 Å². The van der Waals surface area contributed by atoms with Crippen LogP contribution in [0.15, 0.2) is 54.6 Å². The van der Waals surface area contributed by atoms with Gasteiger partial charge in [-0.2, -0.15) is 0 Å². The Kier molecular flexibility index (Phi) is 7.16. The van der Waals surface area contributed by atoms with E-state index in [9.17, 15) is 14.4 Å². The van der Waals surface area contributed by atoms with Crippen LogP contribution in [0.1, 0.15) is 36.1 Å². The Morgan fingerprint density at radius 3 is 2.56 bits per heavy atom. The fourth-order valence-corrected chi connectivity index (χ4v) is 4.50. The molecule has 4 rings (SSSR count). The van der Waals surface area contributed by atoms with Gasteiger partial charge >= 0.3 is 5.97 Å². The number of aryl methyl sites for hydroxylation is 1. The number of methoxy groups -OCH3 is 2. The maximum Gasteiger partial charge on any atom is 0.338 e. The summed E-state index contributed by atoms with van der Waals surface area (Å²) in [5, 5.41) is 3.44. The Morgan fingerprint density at radius 1 is 1.00 bits per heavy atom.